The van der Waals surface area contributed by atoms with Gasteiger partial charge in [-0.3, -0.25) is 0 Å². The molecule has 100 valence electrons. The highest BCUT2D eigenvalue weighted by molar-refractivity contribution is 6.30. The van der Waals surface area contributed by atoms with E-state index < -0.39 is 0 Å². The molecule has 0 unspecified atom stereocenters. The molecule has 1 aromatic rings. The fourth-order valence-electron chi connectivity index (χ4n) is 2.36. The first kappa shape index (κ1) is 13.8. The summed E-state index contributed by atoms with van der Waals surface area (Å²) in [4.78, 5) is 1.50. The van der Waals surface area contributed by atoms with E-state index in [1.54, 1.807) is 0 Å². The summed E-state index contributed by atoms with van der Waals surface area (Å²) in [6.45, 7) is 4.12. The Labute approximate surface area is 113 Å². The molecule has 1 saturated heterocycles. The number of nitrogens with one attached hydrogen (secondary N) is 1. The molecule has 3 nitrogen and oxygen atoms in total. The average molecular weight is 271 g/mol. The minimum Gasteiger partial charge on any atom is -0.385 e. The topological polar surface area (TPSA) is 33.9 Å². The lowest BCUT2D eigenvalue weighted by Crippen LogP contribution is -3.11. The minimum atomic E-state index is -0.356. The molecule has 1 aromatic carbocycles. The van der Waals surface area contributed by atoms with Gasteiger partial charge in [-0.2, -0.15) is 0 Å². The fraction of sp³-hybridized carbons (Fsp3) is 0.571. The second kappa shape index (κ2) is 7.10. The standard InChI is InChI=1S/C14H20ClNO2/c15-13-5-3-12(4-6-13)10-18-11-14(17)9-16-7-1-2-8-16/h3-6,14,17H,1-2,7-11H2/p+1/t14-/m1/s1. The third kappa shape index (κ3) is 4.58. The van der Waals surface area contributed by atoms with Crippen LogP contribution in [0, 0.1) is 0 Å². The predicted molar refractivity (Wildman–Crippen MR) is 71.9 cm³/mol. The van der Waals surface area contributed by atoms with Crippen LogP contribution in [0.25, 0.3) is 0 Å². The number of ether oxygens (including phenoxy) is 1. The van der Waals surface area contributed by atoms with E-state index in [0.29, 0.717) is 13.2 Å². The Morgan fingerprint density at radius 2 is 1.89 bits per heavy atom. The van der Waals surface area contributed by atoms with Crippen LogP contribution in [-0.2, 0) is 11.3 Å². The SMILES string of the molecule is O[C@@H](COCc1ccc(Cl)cc1)C[NH+]1CCCC1. The molecule has 1 atom stereocenters. The Kier molecular flexibility index (Phi) is 5.45. The molecule has 2 N–H and O–H groups in total. The van der Waals surface area contributed by atoms with Gasteiger partial charge in [0.1, 0.15) is 12.6 Å². The summed E-state index contributed by atoms with van der Waals surface area (Å²) < 4.78 is 5.53. The molecule has 0 aliphatic carbocycles. The van der Waals surface area contributed by atoms with Gasteiger partial charge in [-0.1, -0.05) is 23.7 Å². The molecule has 18 heavy (non-hydrogen) atoms. The number of halogens is 1. The Hall–Kier alpha value is -0.610. The van der Waals surface area contributed by atoms with E-state index in [0.717, 1.165) is 17.1 Å². The van der Waals surface area contributed by atoms with Crippen molar-refractivity contribution in [1.82, 2.24) is 0 Å². The molecule has 0 spiro atoms. The van der Waals surface area contributed by atoms with E-state index in [9.17, 15) is 5.11 Å². The molecule has 1 fully saturated rings. The second-order valence-corrected chi connectivity index (χ2v) is 5.39. The molecule has 1 aliphatic heterocycles. The van der Waals surface area contributed by atoms with Crippen LogP contribution in [0.1, 0.15) is 18.4 Å². The Morgan fingerprint density at radius 3 is 2.56 bits per heavy atom. The highest BCUT2D eigenvalue weighted by atomic mass is 35.5. The normalized spacial score (nSPS) is 18.1. The monoisotopic (exact) mass is 270 g/mol. The van der Waals surface area contributed by atoms with Crippen molar-refractivity contribution in [1.29, 1.82) is 0 Å². The largest absolute Gasteiger partial charge is 0.385 e. The van der Waals surface area contributed by atoms with Gasteiger partial charge in [-0.05, 0) is 17.7 Å². The van der Waals surface area contributed by atoms with Crippen LogP contribution in [0.4, 0.5) is 0 Å². The predicted octanol–water partition coefficient (Wildman–Crippen LogP) is 0.896. The summed E-state index contributed by atoms with van der Waals surface area (Å²) in [5.41, 5.74) is 1.08. The molecule has 0 saturated carbocycles. The van der Waals surface area contributed by atoms with Crippen molar-refractivity contribution in [3.05, 3.63) is 34.9 Å². The van der Waals surface area contributed by atoms with Crippen LogP contribution in [-0.4, -0.2) is 37.5 Å². The maximum Gasteiger partial charge on any atom is 0.126 e. The molecular weight excluding hydrogens is 250 g/mol. The first-order chi connectivity index (χ1) is 8.74. The van der Waals surface area contributed by atoms with Gasteiger partial charge in [0.25, 0.3) is 0 Å². The van der Waals surface area contributed by atoms with Gasteiger partial charge in [-0.25, -0.2) is 0 Å². The summed E-state index contributed by atoms with van der Waals surface area (Å²) >= 11 is 5.81. The van der Waals surface area contributed by atoms with Gasteiger partial charge in [0, 0.05) is 17.9 Å². The zero-order chi connectivity index (χ0) is 12.8. The number of hydrogen-bond donors (Lipinski definition) is 2. The van der Waals surface area contributed by atoms with Crippen LogP contribution in [0.5, 0.6) is 0 Å². The summed E-state index contributed by atoms with van der Waals surface area (Å²) in [6.07, 6.45) is 2.21. The first-order valence-electron chi connectivity index (χ1n) is 6.58. The van der Waals surface area contributed by atoms with E-state index in [4.69, 9.17) is 16.3 Å². The van der Waals surface area contributed by atoms with Crippen molar-refractivity contribution in [2.75, 3.05) is 26.2 Å². The van der Waals surface area contributed by atoms with Crippen LogP contribution < -0.4 is 4.90 Å². The van der Waals surface area contributed by atoms with Gasteiger partial charge in [0.15, 0.2) is 0 Å². The molecule has 0 aromatic heterocycles. The number of quaternary nitrogens is 1. The molecule has 4 heteroatoms. The van der Waals surface area contributed by atoms with Crippen molar-refractivity contribution >= 4 is 11.6 Å². The van der Waals surface area contributed by atoms with E-state index in [-0.39, 0.29) is 6.10 Å². The maximum atomic E-state index is 9.86. The lowest BCUT2D eigenvalue weighted by Gasteiger charge is -2.16. The van der Waals surface area contributed by atoms with Crippen molar-refractivity contribution in [3.63, 3.8) is 0 Å². The number of benzene rings is 1. The summed E-state index contributed by atoms with van der Waals surface area (Å²) in [6, 6.07) is 7.59. The van der Waals surface area contributed by atoms with Gasteiger partial charge in [-0.15, -0.1) is 0 Å². The number of aliphatic hydroxyl groups is 1. The molecule has 0 bridgehead atoms. The van der Waals surface area contributed by atoms with E-state index in [1.807, 2.05) is 24.3 Å². The van der Waals surface area contributed by atoms with Gasteiger partial charge >= 0.3 is 0 Å². The molecule has 1 heterocycles. The zero-order valence-electron chi connectivity index (χ0n) is 10.6. The van der Waals surface area contributed by atoms with Gasteiger partial charge < -0.3 is 14.7 Å². The second-order valence-electron chi connectivity index (χ2n) is 4.96. The number of hydrogen-bond acceptors (Lipinski definition) is 2. The van der Waals surface area contributed by atoms with Gasteiger partial charge in [0.2, 0.25) is 0 Å². The highest BCUT2D eigenvalue weighted by Gasteiger charge is 2.19. The van der Waals surface area contributed by atoms with Gasteiger partial charge in [0.05, 0.1) is 26.3 Å². The third-order valence-corrected chi connectivity index (χ3v) is 3.58. The first-order valence-corrected chi connectivity index (χ1v) is 6.95. The number of aliphatic hydroxyl groups excluding tert-OH is 1. The quantitative estimate of drug-likeness (QED) is 0.805. The lowest BCUT2D eigenvalue weighted by atomic mass is 10.2. The lowest BCUT2D eigenvalue weighted by molar-refractivity contribution is -0.890. The highest BCUT2D eigenvalue weighted by Crippen LogP contribution is 2.10. The molecule has 0 amide bonds. The third-order valence-electron chi connectivity index (χ3n) is 3.33. The number of likely N-dealkylation sites (tertiary alicyclic amines) is 1. The average Bonchev–Trinajstić information content (AvgIpc) is 2.84. The molecule has 0 radical (unpaired) electrons. The van der Waals surface area contributed by atoms with Crippen LogP contribution in [0.3, 0.4) is 0 Å². The fourth-order valence-corrected chi connectivity index (χ4v) is 2.49. The maximum absolute atomic E-state index is 9.86. The summed E-state index contributed by atoms with van der Waals surface area (Å²) in [5.74, 6) is 0. The van der Waals surface area contributed by atoms with Crippen LogP contribution >= 0.6 is 11.6 Å². The van der Waals surface area contributed by atoms with E-state index in [2.05, 4.69) is 0 Å². The summed E-state index contributed by atoms with van der Waals surface area (Å²) in [7, 11) is 0. The van der Waals surface area contributed by atoms with Crippen molar-refractivity contribution in [2.24, 2.45) is 0 Å². The molecule has 2 rings (SSSR count). The minimum absolute atomic E-state index is 0.356. The number of rotatable bonds is 6. The zero-order valence-corrected chi connectivity index (χ0v) is 11.3. The van der Waals surface area contributed by atoms with Crippen LogP contribution in [0.15, 0.2) is 24.3 Å². The molecule has 1 aliphatic rings. The van der Waals surface area contributed by atoms with Crippen molar-refractivity contribution < 1.29 is 14.7 Å². The van der Waals surface area contributed by atoms with Crippen molar-refractivity contribution in [3.8, 4) is 0 Å². The van der Waals surface area contributed by atoms with E-state index in [1.165, 1.54) is 30.8 Å². The smallest absolute Gasteiger partial charge is 0.126 e. The summed E-state index contributed by atoms with van der Waals surface area (Å²) in [5, 5.41) is 10.6. The van der Waals surface area contributed by atoms with Crippen molar-refractivity contribution in [2.45, 2.75) is 25.6 Å². The Morgan fingerprint density at radius 1 is 1.22 bits per heavy atom. The Bertz CT molecular complexity index is 349. The Balaban J connectivity index is 1.63. The van der Waals surface area contributed by atoms with E-state index >= 15 is 0 Å². The molecular formula is C14H21ClNO2+. The van der Waals surface area contributed by atoms with Crippen LogP contribution in [0.2, 0.25) is 5.02 Å².